The molecule has 0 unspecified atom stereocenters. The summed E-state index contributed by atoms with van der Waals surface area (Å²) in [6, 6.07) is 1.58. The maximum Gasteiger partial charge on any atom is 0.280 e. The minimum Gasteiger partial charge on any atom is -0.383 e. The number of likely N-dealkylation sites (tertiary alicyclic amines) is 1. The fourth-order valence-electron chi connectivity index (χ4n) is 2.33. The molecule has 16 heavy (non-hydrogen) atoms. The lowest BCUT2D eigenvalue weighted by Crippen LogP contribution is -2.45. The van der Waals surface area contributed by atoms with Crippen LogP contribution in [0.3, 0.4) is 0 Å². The smallest absolute Gasteiger partial charge is 0.280 e. The zero-order valence-corrected chi connectivity index (χ0v) is 10.2. The van der Waals surface area contributed by atoms with Crippen molar-refractivity contribution in [2.75, 3.05) is 13.1 Å². The molecule has 0 aliphatic carbocycles. The molecule has 1 N–H and O–H groups in total. The highest BCUT2D eigenvalue weighted by Gasteiger charge is 2.28. The molecule has 1 aromatic rings. The van der Waals surface area contributed by atoms with Crippen LogP contribution in [-0.2, 0) is 0 Å². The van der Waals surface area contributed by atoms with Crippen molar-refractivity contribution in [3.63, 3.8) is 0 Å². The fraction of sp³-hybridized carbons (Fsp3) is 0.750. The molecular formula is C12H20N2O2. The van der Waals surface area contributed by atoms with E-state index in [0.717, 1.165) is 31.7 Å². The standard InChI is InChI=1S/C12H20N2O2/c1-12(2,3)14-6-4-9(5-7-14)10-8-11(15)13-16-10/h8-9H,4-7H2,1-3H3,(H,13,15). The van der Waals surface area contributed by atoms with Gasteiger partial charge in [-0.15, -0.1) is 0 Å². The first-order chi connectivity index (χ1) is 7.47. The molecule has 2 rings (SSSR count). The van der Waals surface area contributed by atoms with Crippen molar-refractivity contribution in [2.45, 2.75) is 45.1 Å². The van der Waals surface area contributed by atoms with Crippen LogP contribution in [0.2, 0.25) is 0 Å². The molecule has 1 aliphatic rings. The molecule has 90 valence electrons. The predicted molar refractivity (Wildman–Crippen MR) is 62.6 cm³/mol. The van der Waals surface area contributed by atoms with Gasteiger partial charge in [-0.25, -0.2) is 0 Å². The molecule has 0 radical (unpaired) electrons. The average molecular weight is 224 g/mol. The number of nitrogens with one attached hydrogen (secondary N) is 1. The monoisotopic (exact) mass is 224 g/mol. The summed E-state index contributed by atoms with van der Waals surface area (Å²) in [4.78, 5) is 13.5. The van der Waals surface area contributed by atoms with E-state index < -0.39 is 0 Å². The molecule has 1 aromatic heterocycles. The molecule has 1 saturated heterocycles. The van der Waals surface area contributed by atoms with E-state index in [1.54, 1.807) is 6.07 Å². The number of aromatic amines is 1. The topological polar surface area (TPSA) is 49.2 Å². The molecule has 0 saturated carbocycles. The van der Waals surface area contributed by atoms with Gasteiger partial charge in [-0.1, -0.05) is 0 Å². The Morgan fingerprint density at radius 2 is 2.00 bits per heavy atom. The van der Waals surface area contributed by atoms with E-state index >= 15 is 0 Å². The fourth-order valence-corrected chi connectivity index (χ4v) is 2.33. The molecule has 0 amide bonds. The zero-order chi connectivity index (χ0) is 11.8. The van der Waals surface area contributed by atoms with Gasteiger partial charge in [-0.2, -0.15) is 5.16 Å². The highest BCUT2D eigenvalue weighted by molar-refractivity contribution is 5.04. The largest absolute Gasteiger partial charge is 0.383 e. The number of aromatic nitrogens is 1. The molecule has 4 nitrogen and oxygen atoms in total. The minimum atomic E-state index is -0.131. The summed E-state index contributed by atoms with van der Waals surface area (Å²) in [7, 11) is 0. The Balaban J connectivity index is 1.98. The lowest BCUT2D eigenvalue weighted by atomic mass is 9.91. The molecule has 2 heterocycles. The summed E-state index contributed by atoms with van der Waals surface area (Å²) in [5.41, 5.74) is 0.109. The summed E-state index contributed by atoms with van der Waals surface area (Å²) < 4.78 is 5.17. The summed E-state index contributed by atoms with van der Waals surface area (Å²) in [6.07, 6.45) is 2.14. The number of rotatable bonds is 1. The van der Waals surface area contributed by atoms with Gasteiger partial charge in [-0.3, -0.25) is 9.69 Å². The number of hydrogen-bond acceptors (Lipinski definition) is 3. The Kier molecular flexibility index (Phi) is 2.93. The van der Waals surface area contributed by atoms with Crippen molar-refractivity contribution < 1.29 is 4.52 Å². The quantitative estimate of drug-likeness (QED) is 0.793. The van der Waals surface area contributed by atoms with Gasteiger partial charge in [0, 0.05) is 17.5 Å². The summed E-state index contributed by atoms with van der Waals surface area (Å²) in [5.74, 6) is 1.22. The van der Waals surface area contributed by atoms with Crippen LogP contribution < -0.4 is 5.56 Å². The SMILES string of the molecule is CC(C)(C)N1CCC(c2cc(=O)[nH]o2)CC1. The van der Waals surface area contributed by atoms with Crippen LogP contribution in [0.4, 0.5) is 0 Å². The molecule has 0 spiro atoms. The second-order valence-electron chi connectivity index (χ2n) is 5.55. The third kappa shape index (κ3) is 2.38. The average Bonchev–Trinajstić information content (AvgIpc) is 2.64. The molecule has 4 heteroatoms. The lowest BCUT2D eigenvalue weighted by molar-refractivity contribution is 0.0971. The van der Waals surface area contributed by atoms with Crippen molar-refractivity contribution in [2.24, 2.45) is 0 Å². The van der Waals surface area contributed by atoms with E-state index in [4.69, 9.17) is 4.52 Å². The third-order valence-electron chi connectivity index (χ3n) is 3.39. The third-order valence-corrected chi connectivity index (χ3v) is 3.39. The molecule has 0 bridgehead atoms. The molecular weight excluding hydrogens is 204 g/mol. The van der Waals surface area contributed by atoms with Gasteiger partial charge in [0.15, 0.2) is 0 Å². The van der Waals surface area contributed by atoms with Crippen molar-refractivity contribution in [3.8, 4) is 0 Å². The van der Waals surface area contributed by atoms with E-state index in [9.17, 15) is 4.79 Å². The van der Waals surface area contributed by atoms with Crippen LogP contribution in [0.15, 0.2) is 15.4 Å². The Labute approximate surface area is 95.6 Å². The van der Waals surface area contributed by atoms with E-state index in [1.165, 1.54) is 0 Å². The predicted octanol–water partition coefficient (Wildman–Crippen LogP) is 1.95. The number of nitrogens with zero attached hydrogens (tertiary/aromatic N) is 1. The molecule has 1 fully saturated rings. The summed E-state index contributed by atoms with van der Waals surface area (Å²) in [5, 5.41) is 2.36. The van der Waals surface area contributed by atoms with Gasteiger partial charge < -0.3 is 4.52 Å². The Morgan fingerprint density at radius 3 is 2.44 bits per heavy atom. The maximum atomic E-state index is 11.0. The van der Waals surface area contributed by atoms with Crippen molar-refractivity contribution in [3.05, 3.63) is 22.2 Å². The van der Waals surface area contributed by atoms with Gasteiger partial charge >= 0.3 is 0 Å². The lowest BCUT2D eigenvalue weighted by Gasteiger charge is -2.40. The van der Waals surface area contributed by atoms with Crippen LogP contribution >= 0.6 is 0 Å². The van der Waals surface area contributed by atoms with Gasteiger partial charge in [-0.05, 0) is 46.7 Å². The van der Waals surface area contributed by atoms with E-state index in [1.807, 2.05) is 0 Å². The van der Waals surface area contributed by atoms with Crippen LogP contribution in [-0.4, -0.2) is 28.7 Å². The first-order valence-corrected chi connectivity index (χ1v) is 5.90. The van der Waals surface area contributed by atoms with Crippen LogP contribution in [0, 0.1) is 0 Å². The minimum absolute atomic E-state index is 0.131. The van der Waals surface area contributed by atoms with E-state index in [-0.39, 0.29) is 11.1 Å². The van der Waals surface area contributed by atoms with Crippen LogP contribution in [0.5, 0.6) is 0 Å². The Morgan fingerprint density at radius 1 is 1.38 bits per heavy atom. The molecule has 0 atom stereocenters. The second-order valence-corrected chi connectivity index (χ2v) is 5.55. The van der Waals surface area contributed by atoms with E-state index in [0.29, 0.717) is 5.92 Å². The summed E-state index contributed by atoms with van der Waals surface area (Å²) >= 11 is 0. The van der Waals surface area contributed by atoms with Crippen LogP contribution in [0.25, 0.3) is 0 Å². The van der Waals surface area contributed by atoms with Gasteiger partial charge in [0.05, 0.1) is 0 Å². The van der Waals surface area contributed by atoms with Crippen molar-refractivity contribution in [1.82, 2.24) is 10.1 Å². The molecule has 1 aliphatic heterocycles. The van der Waals surface area contributed by atoms with Crippen molar-refractivity contribution >= 4 is 0 Å². The number of piperidine rings is 1. The normalized spacial score (nSPS) is 20.2. The van der Waals surface area contributed by atoms with Crippen LogP contribution in [0.1, 0.15) is 45.3 Å². The second kappa shape index (κ2) is 4.09. The number of H-pyrrole nitrogens is 1. The Hall–Kier alpha value is -1.03. The van der Waals surface area contributed by atoms with E-state index in [2.05, 4.69) is 30.8 Å². The highest BCUT2D eigenvalue weighted by Crippen LogP contribution is 2.30. The van der Waals surface area contributed by atoms with Gasteiger partial charge in [0.25, 0.3) is 5.56 Å². The maximum absolute atomic E-state index is 11.0. The first-order valence-electron chi connectivity index (χ1n) is 5.90. The Bertz CT molecular complexity index is 392. The zero-order valence-electron chi connectivity index (χ0n) is 10.2. The highest BCUT2D eigenvalue weighted by atomic mass is 16.5. The van der Waals surface area contributed by atoms with Gasteiger partial charge in [0.2, 0.25) is 0 Å². The molecule has 0 aromatic carbocycles. The summed E-state index contributed by atoms with van der Waals surface area (Å²) in [6.45, 7) is 8.86. The first kappa shape index (κ1) is 11.5. The number of hydrogen-bond donors (Lipinski definition) is 1. The van der Waals surface area contributed by atoms with Crippen molar-refractivity contribution in [1.29, 1.82) is 0 Å². The van der Waals surface area contributed by atoms with Gasteiger partial charge in [0.1, 0.15) is 5.76 Å².